The van der Waals surface area contributed by atoms with Gasteiger partial charge >= 0.3 is 0 Å². The van der Waals surface area contributed by atoms with Gasteiger partial charge in [-0.3, -0.25) is 15.5 Å². The van der Waals surface area contributed by atoms with Crippen molar-refractivity contribution in [2.45, 2.75) is 0 Å². The molecular weight excluding hydrogens is 320 g/mol. The first-order valence-electron chi connectivity index (χ1n) is 4.79. The summed E-state index contributed by atoms with van der Waals surface area (Å²) in [5, 5.41) is 16.4. The van der Waals surface area contributed by atoms with Crippen molar-refractivity contribution in [1.29, 1.82) is 0 Å². The number of rotatable bonds is 4. The minimum absolute atomic E-state index is 0.0504. The molecule has 0 aliphatic heterocycles. The molecule has 2 rings (SSSR count). The summed E-state index contributed by atoms with van der Waals surface area (Å²) < 4.78 is 0.967. The Morgan fingerprint density at radius 1 is 1.50 bits per heavy atom. The zero-order valence-corrected chi connectivity index (χ0v) is 11.3. The van der Waals surface area contributed by atoms with Gasteiger partial charge in [-0.2, -0.15) is 5.10 Å². The van der Waals surface area contributed by atoms with Gasteiger partial charge in [0.2, 0.25) is 0 Å². The summed E-state index contributed by atoms with van der Waals surface area (Å²) in [6.07, 6.45) is 2.83. The maximum atomic E-state index is 10.4. The highest BCUT2D eigenvalue weighted by Crippen LogP contribution is 2.20. The van der Waals surface area contributed by atoms with Crippen LogP contribution >= 0.6 is 27.3 Å². The van der Waals surface area contributed by atoms with E-state index in [4.69, 9.17) is 0 Å². The Bertz CT molecular complexity index is 582. The van der Waals surface area contributed by atoms with Crippen LogP contribution in [0.15, 0.2) is 39.4 Å². The average molecular weight is 327 g/mol. The van der Waals surface area contributed by atoms with Crippen molar-refractivity contribution in [3.8, 4) is 0 Å². The molecule has 18 heavy (non-hydrogen) atoms. The summed E-state index contributed by atoms with van der Waals surface area (Å²) in [4.78, 5) is 14.8. The lowest BCUT2D eigenvalue weighted by atomic mass is 10.4. The van der Waals surface area contributed by atoms with E-state index in [0.717, 1.165) is 9.35 Å². The topological polar surface area (TPSA) is 80.4 Å². The fourth-order valence-electron chi connectivity index (χ4n) is 1.11. The summed E-state index contributed by atoms with van der Waals surface area (Å²) >= 11 is 4.92. The number of hydrogen-bond acceptors (Lipinski definition) is 6. The molecular formula is C10H7BrN4O2S. The fourth-order valence-corrected chi connectivity index (χ4v) is 2.45. The number of anilines is 1. The summed E-state index contributed by atoms with van der Waals surface area (Å²) in [6.45, 7) is 0. The predicted molar refractivity (Wildman–Crippen MR) is 74.1 cm³/mol. The molecule has 0 saturated heterocycles. The number of hydrogen-bond donors (Lipinski definition) is 1. The van der Waals surface area contributed by atoms with E-state index in [2.05, 4.69) is 31.4 Å². The third-order valence-electron chi connectivity index (χ3n) is 1.96. The van der Waals surface area contributed by atoms with E-state index in [-0.39, 0.29) is 5.69 Å². The Balaban J connectivity index is 2.00. The number of halogens is 1. The zero-order valence-electron chi connectivity index (χ0n) is 8.91. The fraction of sp³-hybridized carbons (Fsp3) is 0. The van der Waals surface area contributed by atoms with Crippen LogP contribution in [0.5, 0.6) is 0 Å². The largest absolute Gasteiger partial charge is 0.287 e. The second kappa shape index (κ2) is 5.69. The van der Waals surface area contributed by atoms with Crippen molar-refractivity contribution in [2.75, 3.05) is 5.43 Å². The first-order chi connectivity index (χ1) is 8.66. The normalized spacial score (nSPS) is 10.7. The number of aromatic nitrogens is 1. The predicted octanol–water partition coefficient (Wildman–Crippen LogP) is 3.26. The monoisotopic (exact) mass is 326 g/mol. The lowest BCUT2D eigenvalue weighted by molar-refractivity contribution is -0.385. The van der Waals surface area contributed by atoms with Gasteiger partial charge in [-0.25, -0.2) is 4.98 Å². The van der Waals surface area contributed by atoms with Crippen LogP contribution in [0.25, 0.3) is 0 Å². The van der Waals surface area contributed by atoms with E-state index < -0.39 is 4.92 Å². The minimum Gasteiger partial charge on any atom is -0.261 e. The van der Waals surface area contributed by atoms with Gasteiger partial charge in [-0.15, -0.1) is 11.3 Å². The van der Waals surface area contributed by atoms with Crippen molar-refractivity contribution in [3.05, 3.63) is 49.2 Å². The Kier molecular flexibility index (Phi) is 4.00. The van der Waals surface area contributed by atoms with Gasteiger partial charge in [0.1, 0.15) is 12.0 Å². The zero-order chi connectivity index (χ0) is 13.0. The molecule has 92 valence electrons. The average Bonchev–Trinajstić information content (AvgIpc) is 2.76. The van der Waals surface area contributed by atoms with Crippen molar-refractivity contribution in [2.24, 2.45) is 5.10 Å². The van der Waals surface area contributed by atoms with Crippen molar-refractivity contribution < 1.29 is 4.92 Å². The van der Waals surface area contributed by atoms with E-state index in [1.807, 2.05) is 11.4 Å². The van der Waals surface area contributed by atoms with Gasteiger partial charge in [0.15, 0.2) is 0 Å². The van der Waals surface area contributed by atoms with E-state index in [0.29, 0.717) is 5.82 Å². The first-order valence-corrected chi connectivity index (χ1v) is 6.46. The van der Waals surface area contributed by atoms with Crippen LogP contribution in [0.4, 0.5) is 11.5 Å². The van der Waals surface area contributed by atoms with E-state index >= 15 is 0 Å². The van der Waals surface area contributed by atoms with Gasteiger partial charge in [-0.05, 0) is 33.4 Å². The third kappa shape index (κ3) is 3.11. The molecule has 2 aromatic rings. The molecule has 0 aliphatic carbocycles. The number of pyridine rings is 1. The standard InChI is InChI=1S/C10H7BrN4O2S/c11-8-3-4-18-9(8)6-13-14-10-2-1-7(5-12-10)15(16)17/h1-6H,(H,12,14)/b13-6-. The van der Waals surface area contributed by atoms with Crippen molar-refractivity contribution in [1.82, 2.24) is 4.98 Å². The van der Waals surface area contributed by atoms with Crippen LogP contribution < -0.4 is 5.43 Å². The van der Waals surface area contributed by atoms with Crippen LogP contribution in [0, 0.1) is 10.1 Å². The minimum atomic E-state index is -0.497. The van der Waals surface area contributed by atoms with Crippen LogP contribution in [0.2, 0.25) is 0 Å². The second-order valence-corrected chi connectivity index (χ2v) is 4.96. The van der Waals surface area contributed by atoms with Crippen LogP contribution in [-0.4, -0.2) is 16.1 Å². The smallest absolute Gasteiger partial charge is 0.261 e. The Hall–Kier alpha value is -1.80. The second-order valence-electron chi connectivity index (χ2n) is 3.16. The van der Waals surface area contributed by atoms with Crippen molar-refractivity contribution >= 4 is 45.0 Å². The van der Waals surface area contributed by atoms with Crippen LogP contribution in [-0.2, 0) is 0 Å². The Labute approximate surface area is 115 Å². The van der Waals surface area contributed by atoms with Gasteiger partial charge in [0.05, 0.1) is 16.0 Å². The molecule has 0 spiro atoms. The van der Waals surface area contributed by atoms with E-state index in [1.165, 1.54) is 18.3 Å². The molecule has 0 bridgehead atoms. The summed E-state index contributed by atoms with van der Waals surface area (Å²) in [7, 11) is 0. The molecule has 8 heteroatoms. The molecule has 0 aromatic carbocycles. The first kappa shape index (κ1) is 12.7. The molecule has 0 amide bonds. The molecule has 1 N–H and O–H groups in total. The lowest BCUT2D eigenvalue weighted by Crippen LogP contribution is -1.94. The van der Waals surface area contributed by atoms with E-state index in [9.17, 15) is 10.1 Å². The molecule has 2 aromatic heterocycles. The number of nitrogens with one attached hydrogen (secondary N) is 1. The molecule has 0 radical (unpaired) electrons. The number of nitro groups is 1. The molecule has 0 atom stereocenters. The lowest BCUT2D eigenvalue weighted by Gasteiger charge is -1.97. The molecule has 0 saturated carbocycles. The molecule has 2 heterocycles. The Morgan fingerprint density at radius 2 is 2.33 bits per heavy atom. The third-order valence-corrected chi connectivity index (χ3v) is 3.77. The van der Waals surface area contributed by atoms with Crippen LogP contribution in [0.3, 0.4) is 0 Å². The van der Waals surface area contributed by atoms with Gasteiger partial charge in [0, 0.05) is 10.5 Å². The SMILES string of the molecule is O=[N+]([O-])c1ccc(N/N=C\c2sccc2Br)nc1. The van der Waals surface area contributed by atoms with Gasteiger partial charge in [-0.1, -0.05) is 0 Å². The summed E-state index contributed by atoms with van der Waals surface area (Å²) in [6, 6.07) is 4.79. The highest BCUT2D eigenvalue weighted by atomic mass is 79.9. The summed E-state index contributed by atoms with van der Waals surface area (Å²) in [5.41, 5.74) is 2.65. The number of hydrazone groups is 1. The maximum Gasteiger partial charge on any atom is 0.287 e. The molecule has 0 unspecified atom stereocenters. The van der Waals surface area contributed by atoms with E-state index in [1.54, 1.807) is 17.6 Å². The van der Waals surface area contributed by atoms with Crippen molar-refractivity contribution in [3.63, 3.8) is 0 Å². The maximum absolute atomic E-state index is 10.4. The van der Waals surface area contributed by atoms with Gasteiger partial charge < -0.3 is 0 Å². The molecule has 6 nitrogen and oxygen atoms in total. The molecule has 0 fully saturated rings. The number of nitrogens with zero attached hydrogens (tertiary/aromatic N) is 3. The van der Waals surface area contributed by atoms with Gasteiger partial charge in [0.25, 0.3) is 5.69 Å². The highest BCUT2D eigenvalue weighted by molar-refractivity contribution is 9.10. The van der Waals surface area contributed by atoms with Crippen LogP contribution in [0.1, 0.15) is 4.88 Å². The Morgan fingerprint density at radius 3 is 2.89 bits per heavy atom. The summed E-state index contributed by atoms with van der Waals surface area (Å²) in [5.74, 6) is 0.449. The highest BCUT2D eigenvalue weighted by Gasteiger charge is 2.04. The number of thiophene rings is 1. The molecule has 0 aliphatic rings. The quantitative estimate of drug-likeness (QED) is 0.531.